The van der Waals surface area contributed by atoms with Crippen molar-refractivity contribution in [2.45, 2.75) is 44.3 Å². The van der Waals surface area contributed by atoms with Crippen molar-refractivity contribution in [2.24, 2.45) is 14.1 Å². The topological polar surface area (TPSA) is 77.1 Å². The fraction of sp³-hybridized carbons (Fsp3) is 0.500. The molecule has 2 heterocycles. The SMILES string of the molecule is CN(C)[C@H]1CCC[C@@H](Nc2nc3c(c(=O)n(Cc4ccc(Cl)c(Cl)c4)c(=O)n3C)n2C)C1. The summed E-state index contributed by atoms with van der Waals surface area (Å²) in [5, 5.41) is 4.31. The average molecular weight is 479 g/mol. The highest BCUT2D eigenvalue weighted by molar-refractivity contribution is 6.42. The Balaban J connectivity index is 1.72. The van der Waals surface area contributed by atoms with Crippen LogP contribution >= 0.6 is 23.2 Å². The van der Waals surface area contributed by atoms with Crippen LogP contribution in [0.15, 0.2) is 27.8 Å². The first-order valence-corrected chi connectivity index (χ1v) is 11.5. The lowest BCUT2D eigenvalue weighted by molar-refractivity contribution is 0.219. The third-order valence-electron chi connectivity index (χ3n) is 6.39. The summed E-state index contributed by atoms with van der Waals surface area (Å²) in [5.74, 6) is 0.601. The van der Waals surface area contributed by atoms with Gasteiger partial charge >= 0.3 is 5.69 Å². The number of imidazole rings is 1. The molecule has 2 atom stereocenters. The zero-order valence-electron chi connectivity index (χ0n) is 18.7. The van der Waals surface area contributed by atoms with Crippen molar-refractivity contribution in [2.75, 3.05) is 19.4 Å². The van der Waals surface area contributed by atoms with E-state index in [1.807, 2.05) is 0 Å². The van der Waals surface area contributed by atoms with Crippen molar-refractivity contribution >= 4 is 40.3 Å². The van der Waals surface area contributed by atoms with E-state index in [1.165, 1.54) is 15.6 Å². The smallest absolute Gasteiger partial charge is 0.332 e. The van der Waals surface area contributed by atoms with Crippen LogP contribution in [-0.2, 0) is 20.6 Å². The molecule has 172 valence electrons. The fourth-order valence-corrected chi connectivity index (χ4v) is 4.80. The van der Waals surface area contributed by atoms with Crippen LogP contribution in [0.3, 0.4) is 0 Å². The predicted octanol–water partition coefficient (Wildman–Crippen LogP) is 3.07. The van der Waals surface area contributed by atoms with Crippen LogP contribution in [0.25, 0.3) is 11.2 Å². The van der Waals surface area contributed by atoms with E-state index in [4.69, 9.17) is 23.2 Å². The number of nitrogens with zero attached hydrogens (tertiary/aromatic N) is 5. The van der Waals surface area contributed by atoms with Gasteiger partial charge < -0.3 is 14.8 Å². The highest BCUT2D eigenvalue weighted by Gasteiger charge is 2.25. The first kappa shape index (κ1) is 22.9. The van der Waals surface area contributed by atoms with Gasteiger partial charge in [-0.2, -0.15) is 4.98 Å². The van der Waals surface area contributed by atoms with Gasteiger partial charge in [-0.1, -0.05) is 29.3 Å². The molecule has 1 N–H and O–H groups in total. The lowest BCUT2D eigenvalue weighted by Crippen LogP contribution is -2.39. The van der Waals surface area contributed by atoms with Gasteiger partial charge in [0.15, 0.2) is 11.2 Å². The zero-order valence-corrected chi connectivity index (χ0v) is 20.2. The molecule has 8 nitrogen and oxygen atoms in total. The van der Waals surface area contributed by atoms with E-state index in [0.29, 0.717) is 33.2 Å². The van der Waals surface area contributed by atoms with Crippen molar-refractivity contribution in [1.82, 2.24) is 23.6 Å². The number of hydrogen-bond acceptors (Lipinski definition) is 5. The second-order valence-corrected chi connectivity index (χ2v) is 9.59. The molecule has 0 amide bonds. The lowest BCUT2D eigenvalue weighted by Gasteiger charge is -2.33. The molecule has 1 aliphatic carbocycles. The Hall–Kier alpha value is -2.29. The third-order valence-corrected chi connectivity index (χ3v) is 7.13. The van der Waals surface area contributed by atoms with Crippen LogP contribution in [0.4, 0.5) is 5.95 Å². The molecule has 10 heteroatoms. The molecule has 0 spiro atoms. The van der Waals surface area contributed by atoms with Gasteiger partial charge in [-0.3, -0.25) is 13.9 Å². The summed E-state index contributed by atoms with van der Waals surface area (Å²) >= 11 is 12.1. The van der Waals surface area contributed by atoms with E-state index in [1.54, 1.807) is 36.9 Å². The van der Waals surface area contributed by atoms with Crippen molar-refractivity contribution in [1.29, 1.82) is 0 Å². The summed E-state index contributed by atoms with van der Waals surface area (Å²) in [6.45, 7) is 0.0966. The number of hydrogen-bond donors (Lipinski definition) is 1. The Labute approximate surface area is 196 Å². The summed E-state index contributed by atoms with van der Waals surface area (Å²) in [7, 11) is 7.65. The Morgan fingerprint density at radius 1 is 1.12 bits per heavy atom. The van der Waals surface area contributed by atoms with Crippen molar-refractivity contribution in [3.8, 4) is 0 Å². The molecule has 0 aliphatic heterocycles. The second kappa shape index (κ2) is 8.92. The normalized spacial score (nSPS) is 19.1. The maximum atomic E-state index is 13.3. The molecule has 4 rings (SSSR count). The fourth-order valence-electron chi connectivity index (χ4n) is 4.48. The van der Waals surface area contributed by atoms with E-state index in [9.17, 15) is 9.59 Å². The van der Waals surface area contributed by atoms with Gasteiger partial charge in [-0.05, 0) is 57.5 Å². The monoisotopic (exact) mass is 478 g/mol. The van der Waals surface area contributed by atoms with Gasteiger partial charge in [-0.15, -0.1) is 0 Å². The Bertz CT molecular complexity index is 1280. The highest BCUT2D eigenvalue weighted by atomic mass is 35.5. The minimum absolute atomic E-state index is 0.0966. The van der Waals surface area contributed by atoms with Crippen LogP contribution in [-0.4, -0.2) is 49.8 Å². The minimum Gasteiger partial charge on any atom is -0.353 e. The Morgan fingerprint density at radius 2 is 1.88 bits per heavy atom. The summed E-state index contributed by atoms with van der Waals surface area (Å²) in [6, 6.07) is 5.86. The molecular formula is C22H28Cl2N6O2. The van der Waals surface area contributed by atoms with Crippen LogP contribution < -0.4 is 16.6 Å². The van der Waals surface area contributed by atoms with Crippen LogP contribution in [0, 0.1) is 0 Å². The number of anilines is 1. The Morgan fingerprint density at radius 3 is 2.56 bits per heavy atom. The summed E-state index contributed by atoms with van der Waals surface area (Å²) < 4.78 is 4.38. The minimum atomic E-state index is -0.427. The molecule has 3 aromatic rings. The van der Waals surface area contributed by atoms with Gasteiger partial charge in [-0.25, -0.2) is 4.79 Å². The third kappa shape index (κ3) is 4.19. The molecule has 1 aliphatic rings. The summed E-state index contributed by atoms with van der Waals surface area (Å²) in [4.78, 5) is 33.2. The van der Waals surface area contributed by atoms with Crippen LogP contribution in [0.2, 0.25) is 10.0 Å². The van der Waals surface area contributed by atoms with E-state index in [0.717, 1.165) is 24.8 Å². The molecule has 0 saturated heterocycles. The van der Waals surface area contributed by atoms with Crippen molar-refractivity contribution < 1.29 is 0 Å². The molecule has 1 saturated carbocycles. The molecule has 1 fully saturated rings. The maximum absolute atomic E-state index is 13.3. The standard InChI is InChI=1S/C22H28Cl2N6O2/c1-27(2)15-7-5-6-14(11-15)25-21-26-19-18(28(21)3)20(31)30(22(32)29(19)4)12-13-8-9-16(23)17(24)10-13/h8-10,14-15H,5-7,11-12H2,1-4H3,(H,25,26)/t14-,15+/m1/s1. The molecule has 0 bridgehead atoms. The van der Waals surface area contributed by atoms with Gasteiger partial charge in [0, 0.05) is 26.2 Å². The maximum Gasteiger partial charge on any atom is 0.332 e. The molecular weight excluding hydrogens is 451 g/mol. The molecule has 0 radical (unpaired) electrons. The van der Waals surface area contributed by atoms with E-state index in [2.05, 4.69) is 29.3 Å². The number of nitrogens with one attached hydrogen (secondary N) is 1. The molecule has 0 unspecified atom stereocenters. The first-order valence-electron chi connectivity index (χ1n) is 10.7. The summed E-state index contributed by atoms with van der Waals surface area (Å²) in [5.41, 5.74) is 0.663. The highest BCUT2D eigenvalue weighted by Crippen LogP contribution is 2.25. The average Bonchev–Trinajstić information content (AvgIpc) is 3.08. The van der Waals surface area contributed by atoms with E-state index >= 15 is 0 Å². The summed E-state index contributed by atoms with van der Waals surface area (Å²) in [6.07, 6.45) is 4.38. The van der Waals surface area contributed by atoms with E-state index < -0.39 is 5.69 Å². The van der Waals surface area contributed by atoms with Crippen molar-refractivity contribution in [3.63, 3.8) is 0 Å². The van der Waals surface area contributed by atoms with Gasteiger partial charge in [0.1, 0.15) is 0 Å². The number of halogens is 2. The predicted molar refractivity (Wildman–Crippen MR) is 129 cm³/mol. The number of fused-ring (bicyclic) bond motifs is 1. The molecule has 32 heavy (non-hydrogen) atoms. The number of benzene rings is 1. The zero-order chi connectivity index (χ0) is 23.2. The molecule has 1 aromatic carbocycles. The largest absolute Gasteiger partial charge is 0.353 e. The van der Waals surface area contributed by atoms with Crippen molar-refractivity contribution in [3.05, 3.63) is 54.6 Å². The number of aromatic nitrogens is 4. The van der Waals surface area contributed by atoms with Gasteiger partial charge in [0.25, 0.3) is 5.56 Å². The van der Waals surface area contributed by atoms with Crippen LogP contribution in [0.1, 0.15) is 31.2 Å². The quantitative estimate of drug-likeness (QED) is 0.609. The lowest BCUT2D eigenvalue weighted by atomic mass is 9.90. The van der Waals surface area contributed by atoms with Gasteiger partial charge in [0.05, 0.1) is 16.6 Å². The second-order valence-electron chi connectivity index (χ2n) is 8.77. The Kier molecular flexibility index (Phi) is 6.38. The van der Waals surface area contributed by atoms with Crippen LogP contribution in [0.5, 0.6) is 0 Å². The number of aryl methyl sites for hydroxylation is 2. The van der Waals surface area contributed by atoms with E-state index in [-0.39, 0.29) is 18.1 Å². The van der Waals surface area contributed by atoms with Gasteiger partial charge in [0.2, 0.25) is 5.95 Å². The first-order chi connectivity index (χ1) is 15.2. The molecule has 2 aromatic heterocycles. The number of rotatable bonds is 5.